The molecule has 1 aliphatic heterocycles. The van der Waals surface area contributed by atoms with Crippen molar-refractivity contribution in [1.82, 2.24) is 18.6 Å². The van der Waals surface area contributed by atoms with Crippen LogP contribution < -0.4 is 5.32 Å². The van der Waals surface area contributed by atoms with E-state index in [0.29, 0.717) is 24.6 Å². The topological polar surface area (TPSA) is 70.0 Å². The van der Waals surface area contributed by atoms with Crippen LogP contribution in [0.3, 0.4) is 0 Å². The molecule has 0 amide bonds. The van der Waals surface area contributed by atoms with E-state index in [1.165, 1.54) is 4.31 Å². The van der Waals surface area contributed by atoms with Gasteiger partial charge in [0, 0.05) is 39.4 Å². The predicted molar refractivity (Wildman–Crippen MR) is 81.0 cm³/mol. The molecule has 0 radical (unpaired) electrons. The molecule has 2 aromatic heterocycles. The average Bonchev–Trinajstić information content (AvgIpc) is 2.87. The number of rotatable bonds is 3. The first-order valence-corrected chi connectivity index (χ1v) is 8.31. The fraction of sp³-hybridized carbons (Fsp3) is 0.462. The molecule has 3 heterocycles. The van der Waals surface area contributed by atoms with Gasteiger partial charge >= 0.3 is 0 Å². The number of sulfonamides is 1. The molecule has 8 heteroatoms. The first kappa shape index (κ1) is 14.3. The molecule has 0 aromatic carbocycles. The molecule has 114 valence electrons. The van der Waals surface area contributed by atoms with Gasteiger partial charge < -0.3 is 10.2 Å². The predicted octanol–water partition coefficient (Wildman–Crippen LogP) is 0.312. The maximum Gasteiger partial charge on any atom is 0.262 e. The van der Waals surface area contributed by atoms with E-state index < -0.39 is 10.0 Å². The Balaban J connectivity index is 2.10. The van der Waals surface area contributed by atoms with Crippen molar-refractivity contribution < 1.29 is 8.42 Å². The number of aromatic nitrogens is 2. The number of hydrogen-bond acceptors (Lipinski definition) is 5. The third kappa shape index (κ3) is 2.39. The van der Waals surface area contributed by atoms with Crippen LogP contribution in [0.1, 0.15) is 0 Å². The van der Waals surface area contributed by atoms with E-state index in [0.717, 1.165) is 13.1 Å². The quantitative estimate of drug-likeness (QED) is 0.884. The molecular formula is C13H19N5O2S. The fourth-order valence-electron chi connectivity index (χ4n) is 2.53. The molecule has 21 heavy (non-hydrogen) atoms. The largest absolute Gasteiger partial charge is 0.371 e. The van der Waals surface area contributed by atoms with Crippen LogP contribution in [0.5, 0.6) is 0 Å². The van der Waals surface area contributed by atoms with Gasteiger partial charge in [-0.2, -0.15) is 4.31 Å². The van der Waals surface area contributed by atoms with Crippen molar-refractivity contribution in [2.45, 2.75) is 5.03 Å². The SMILES string of the molecule is CNc1nc2ccccn2c1S(=O)(=O)N1CCN(C)CC1. The second kappa shape index (κ2) is 5.28. The lowest BCUT2D eigenvalue weighted by molar-refractivity contribution is 0.222. The molecule has 0 bridgehead atoms. The van der Waals surface area contributed by atoms with E-state index in [4.69, 9.17) is 0 Å². The van der Waals surface area contributed by atoms with Crippen molar-refractivity contribution in [3.63, 3.8) is 0 Å². The van der Waals surface area contributed by atoms with E-state index in [1.54, 1.807) is 29.8 Å². The van der Waals surface area contributed by atoms with Gasteiger partial charge in [0.25, 0.3) is 10.0 Å². The minimum absolute atomic E-state index is 0.213. The van der Waals surface area contributed by atoms with Gasteiger partial charge in [0.1, 0.15) is 5.65 Å². The molecule has 1 fully saturated rings. The van der Waals surface area contributed by atoms with Gasteiger partial charge in [-0.3, -0.25) is 4.40 Å². The van der Waals surface area contributed by atoms with Crippen LogP contribution in [0.4, 0.5) is 5.82 Å². The second-order valence-electron chi connectivity index (χ2n) is 5.15. The highest BCUT2D eigenvalue weighted by atomic mass is 32.2. The summed E-state index contributed by atoms with van der Waals surface area (Å²) in [4.78, 5) is 6.47. The molecule has 7 nitrogen and oxygen atoms in total. The van der Waals surface area contributed by atoms with Crippen LogP contribution in [0.15, 0.2) is 29.4 Å². The van der Waals surface area contributed by atoms with E-state index in [9.17, 15) is 8.42 Å². The number of imidazole rings is 1. The van der Waals surface area contributed by atoms with Gasteiger partial charge in [-0.15, -0.1) is 0 Å². The van der Waals surface area contributed by atoms with Crippen molar-refractivity contribution in [2.24, 2.45) is 0 Å². The van der Waals surface area contributed by atoms with Crippen LogP contribution in [0, 0.1) is 0 Å². The molecule has 1 N–H and O–H groups in total. The molecule has 2 aromatic rings. The zero-order valence-electron chi connectivity index (χ0n) is 12.2. The van der Waals surface area contributed by atoms with Gasteiger partial charge in [-0.1, -0.05) is 6.07 Å². The number of piperazine rings is 1. The molecule has 1 saturated heterocycles. The summed E-state index contributed by atoms with van der Waals surface area (Å²) in [5.74, 6) is 0.389. The number of anilines is 1. The average molecular weight is 309 g/mol. The number of hydrogen-bond donors (Lipinski definition) is 1. The Morgan fingerprint density at radius 3 is 2.57 bits per heavy atom. The standard InChI is InChI=1S/C13H19N5O2S/c1-14-12-13(18-6-4-3-5-11(18)15-12)21(19,20)17-9-7-16(2)8-10-17/h3-6,14H,7-10H2,1-2H3. The van der Waals surface area contributed by atoms with E-state index >= 15 is 0 Å². The van der Waals surface area contributed by atoms with Crippen molar-refractivity contribution in [1.29, 1.82) is 0 Å². The number of nitrogens with one attached hydrogen (secondary N) is 1. The van der Waals surface area contributed by atoms with Crippen LogP contribution >= 0.6 is 0 Å². The number of likely N-dealkylation sites (N-methyl/N-ethyl adjacent to an activating group) is 1. The van der Waals surface area contributed by atoms with Gasteiger partial charge in [-0.25, -0.2) is 13.4 Å². The fourth-order valence-corrected chi connectivity index (χ4v) is 4.22. The third-order valence-corrected chi connectivity index (χ3v) is 5.69. The summed E-state index contributed by atoms with van der Waals surface area (Å²) in [6.07, 6.45) is 1.73. The Morgan fingerprint density at radius 1 is 1.19 bits per heavy atom. The molecule has 0 saturated carbocycles. The van der Waals surface area contributed by atoms with Crippen LogP contribution in [0.2, 0.25) is 0 Å². The smallest absolute Gasteiger partial charge is 0.262 e. The van der Waals surface area contributed by atoms with E-state index in [-0.39, 0.29) is 5.03 Å². The number of fused-ring (bicyclic) bond motifs is 1. The monoisotopic (exact) mass is 309 g/mol. The second-order valence-corrected chi connectivity index (χ2v) is 7.00. The van der Waals surface area contributed by atoms with Gasteiger partial charge in [0.05, 0.1) is 0 Å². The zero-order valence-corrected chi connectivity index (χ0v) is 13.0. The first-order chi connectivity index (χ1) is 10.0. The Hall–Kier alpha value is -1.64. The Bertz CT molecular complexity index is 747. The van der Waals surface area contributed by atoms with Crippen LogP contribution in [-0.2, 0) is 10.0 Å². The van der Waals surface area contributed by atoms with Gasteiger partial charge in [0.15, 0.2) is 10.8 Å². The van der Waals surface area contributed by atoms with Gasteiger partial charge in [-0.05, 0) is 19.2 Å². The lowest BCUT2D eigenvalue weighted by Crippen LogP contribution is -2.47. The molecule has 0 unspecified atom stereocenters. The van der Waals surface area contributed by atoms with E-state index in [2.05, 4.69) is 15.2 Å². The molecule has 0 atom stereocenters. The molecule has 0 spiro atoms. The van der Waals surface area contributed by atoms with Crippen molar-refractivity contribution in [3.8, 4) is 0 Å². The minimum atomic E-state index is -3.57. The minimum Gasteiger partial charge on any atom is -0.371 e. The first-order valence-electron chi connectivity index (χ1n) is 6.87. The molecular weight excluding hydrogens is 290 g/mol. The zero-order chi connectivity index (χ0) is 15.0. The summed E-state index contributed by atoms with van der Waals surface area (Å²) in [6, 6.07) is 5.44. The Labute approximate surface area is 124 Å². The lowest BCUT2D eigenvalue weighted by Gasteiger charge is -2.31. The Kier molecular flexibility index (Phi) is 3.60. The third-order valence-electron chi connectivity index (χ3n) is 3.77. The molecule has 0 aliphatic carbocycles. The summed E-state index contributed by atoms with van der Waals surface area (Å²) in [5.41, 5.74) is 0.620. The Morgan fingerprint density at radius 2 is 1.90 bits per heavy atom. The van der Waals surface area contributed by atoms with E-state index in [1.807, 2.05) is 13.1 Å². The highest BCUT2D eigenvalue weighted by molar-refractivity contribution is 7.89. The highest BCUT2D eigenvalue weighted by Gasteiger charge is 2.32. The van der Waals surface area contributed by atoms with Crippen molar-refractivity contribution >= 4 is 21.5 Å². The molecule has 1 aliphatic rings. The summed E-state index contributed by atoms with van der Waals surface area (Å²) in [5, 5.41) is 3.10. The summed E-state index contributed by atoms with van der Waals surface area (Å²) in [7, 11) is 0.116. The van der Waals surface area contributed by atoms with Gasteiger partial charge in [0.2, 0.25) is 0 Å². The van der Waals surface area contributed by atoms with Crippen molar-refractivity contribution in [3.05, 3.63) is 24.4 Å². The summed E-state index contributed by atoms with van der Waals surface area (Å²) < 4.78 is 29.1. The van der Waals surface area contributed by atoms with Crippen LogP contribution in [0.25, 0.3) is 5.65 Å². The summed E-state index contributed by atoms with van der Waals surface area (Å²) in [6.45, 7) is 2.49. The number of nitrogens with zero attached hydrogens (tertiary/aromatic N) is 4. The maximum atomic E-state index is 13.0. The number of pyridine rings is 1. The highest BCUT2D eigenvalue weighted by Crippen LogP contribution is 2.26. The van der Waals surface area contributed by atoms with Crippen molar-refractivity contribution in [2.75, 3.05) is 45.6 Å². The molecule has 3 rings (SSSR count). The normalized spacial score (nSPS) is 18.2. The maximum absolute atomic E-state index is 13.0. The van der Waals surface area contributed by atoms with Crippen LogP contribution in [-0.4, -0.2) is 67.3 Å². The lowest BCUT2D eigenvalue weighted by atomic mass is 10.4. The summed E-state index contributed by atoms with van der Waals surface area (Å²) >= 11 is 0.